The first-order valence-electron chi connectivity index (χ1n) is 7.74. The van der Waals surface area contributed by atoms with Gasteiger partial charge in [0.1, 0.15) is 17.6 Å². The Balaban J connectivity index is 1.88. The van der Waals surface area contributed by atoms with Gasteiger partial charge in [-0.3, -0.25) is 9.48 Å². The SMILES string of the molecule is CCOc1cc2c(cc1/C=C/C(=O)c1cnn(C)c1)OC(C)C2. The molecule has 1 aliphatic rings. The van der Waals surface area contributed by atoms with Gasteiger partial charge in [0.2, 0.25) is 0 Å². The molecule has 0 radical (unpaired) electrons. The maximum absolute atomic E-state index is 12.2. The lowest BCUT2D eigenvalue weighted by Gasteiger charge is -2.09. The van der Waals surface area contributed by atoms with Crippen LogP contribution in [-0.2, 0) is 13.5 Å². The zero-order valence-corrected chi connectivity index (χ0v) is 13.6. The first-order chi connectivity index (χ1) is 11.1. The molecule has 0 saturated carbocycles. The highest BCUT2D eigenvalue weighted by Crippen LogP contribution is 2.35. The molecule has 23 heavy (non-hydrogen) atoms. The summed E-state index contributed by atoms with van der Waals surface area (Å²) in [5.74, 6) is 1.56. The van der Waals surface area contributed by atoms with Crippen LogP contribution in [0.1, 0.15) is 35.3 Å². The quantitative estimate of drug-likeness (QED) is 0.629. The summed E-state index contributed by atoms with van der Waals surface area (Å²) in [7, 11) is 1.78. The predicted octanol–water partition coefficient (Wildman–Crippen LogP) is 3.04. The van der Waals surface area contributed by atoms with Gasteiger partial charge in [-0.1, -0.05) is 0 Å². The zero-order chi connectivity index (χ0) is 16.4. The van der Waals surface area contributed by atoms with Gasteiger partial charge < -0.3 is 9.47 Å². The lowest BCUT2D eigenvalue weighted by atomic mass is 10.1. The average molecular weight is 312 g/mol. The molecule has 2 aromatic rings. The van der Waals surface area contributed by atoms with Crippen LogP contribution in [0.2, 0.25) is 0 Å². The van der Waals surface area contributed by atoms with Crippen molar-refractivity contribution in [1.82, 2.24) is 9.78 Å². The molecular formula is C18H20N2O3. The molecular weight excluding hydrogens is 292 g/mol. The van der Waals surface area contributed by atoms with Gasteiger partial charge in [-0.2, -0.15) is 5.10 Å². The number of hydrogen-bond acceptors (Lipinski definition) is 4. The van der Waals surface area contributed by atoms with E-state index in [1.54, 1.807) is 36.3 Å². The highest BCUT2D eigenvalue weighted by molar-refractivity contribution is 6.06. The minimum atomic E-state index is -0.0877. The van der Waals surface area contributed by atoms with Crippen LogP contribution < -0.4 is 9.47 Å². The normalized spacial score (nSPS) is 16.4. The molecule has 0 amide bonds. The van der Waals surface area contributed by atoms with Crippen molar-refractivity contribution in [1.29, 1.82) is 0 Å². The second kappa shape index (κ2) is 6.28. The van der Waals surface area contributed by atoms with Crippen LogP contribution >= 0.6 is 0 Å². The predicted molar refractivity (Wildman–Crippen MR) is 88.0 cm³/mol. The number of aromatic nitrogens is 2. The van der Waals surface area contributed by atoms with Crippen molar-refractivity contribution in [3.05, 3.63) is 47.3 Å². The Morgan fingerprint density at radius 2 is 2.35 bits per heavy atom. The highest BCUT2D eigenvalue weighted by Gasteiger charge is 2.21. The second-order valence-electron chi connectivity index (χ2n) is 5.66. The lowest BCUT2D eigenvalue weighted by Crippen LogP contribution is -2.05. The summed E-state index contributed by atoms with van der Waals surface area (Å²) in [5, 5.41) is 4.01. The summed E-state index contributed by atoms with van der Waals surface area (Å²) >= 11 is 0. The largest absolute Gasteiger partial charge is 0.493 e. The van der Waals surface area contributed by atoms with Gasteiger partial charge in [0.05, 0.1) is 18.4 Å². The third kappa shape index (κ3) is 3.28. The molecule has 1 atom stereocenters. The fraction of sp³-hybridized carbons (Fsp3) is 0.333. The lowest BCUT2D eigenvalue weighted by molar-refractivity contribution is 0.104. The number of carbonyl (C=O) groups excluding carboxylic acids is 1. The van der Waals surface area contributed by atoms with E-state index in [-0.39, 0.29) is 11.9 Å². The van der Waals surface area contributed by atoms with Crippen LogP contribution in [0.3, 0.4) is 0 Å². The van der Waals surface area contributed by atoms with Gasteiger partial charge in [-0.15, -0.1) is 0 Å². The van der Waals surface area contributed by atoms with Gasteiger partial charge in [-0.25, -0.2) is 0 Å². The molecule has 0 saturated heterocycles. The van der Waals surface area contributed by atoms with E-state index in [9.17, 15) is 4.79 Å². The number of aryl methyl sites for hydroxylation is 1. The van der Waals surface area contributed by atoms with Crippen LogP contribution in [0.15, 0.2) is 30.6 Å². The number of carbonyl (C=O) groups is 1. The first kappa shape index (κ1) is 15.3. The number of nitrogens with zero attached hydrogens (tertiary/aromatic N) is 2. The molecule has 3 rings (SSSR count). The maximum Gasteiger partial charge on any atom is 0.189 e. The van der Waals surface area contributed by atoms with Gasteiger partial charge in [0.15, 0.2) is 5.78 Å². The summed E-state index contributed by atoms with van der Waals surface area (Å²) in [6.07, 6.45) is 7.63. The number of hydrogen-bond donors (Lipinski definition) is 0. The maximum atomic E-state index is 12.2. The Kier molecular flexibility index (Phi) is 4.19. The smallest absolute Gasteiger partial charge is 0.189 e. The summed E-state index contributed by atoms with van der Waals surface area (Å²) in [4.78, 5) is 12.2. The molecule has 1 aliphatic heterocycles. The van der Waals surface area contributed by atoms with Crippen molar-refractivity contribution in [3.63, 3.8) is 0 Å². The average Bonchev–Trinajstić information content (AvgIpc) is 3.09. The highest BCUT2D eigenvalue weighted by atomic mass is 16.5. The fourth-order valence-electron chi connectivity index (χ4n) is 2.68. The molecule has 0 spiro atoms. The fourth-order valence-corrected chi connectivity index (χ4v) is 2.68. The summed E-state index contributed by atoms with van der Waals surface area (Å²) in [6.45, 7) is 4.56. The van der Waals surface area contributed by atoms with E-state index in [1.165, 1.54) is 0 Å². The van der Waals surface area contributed by atoms with E-state index < -0.39 is 0 Å². The van der Waals surface area contributed by atoms with E-state index in [0.717, 1.165) is 29.0 Å². The number of allylic oxidation sites excluding steroid dienone is 1. The van der Waals surface area contributed by atoms with Crippen LogP contribution in [0.25, 0.3) is 6.08 Å². The Morgan fingerprint density at radius 3 is 3.04 bits per heavy atom. The number of ether oxygens (including phenoxy) is 2. The second-order valence-corrected chi connectivity index (χ2v) is 5.66. The van der Waals surface area contributed by atoms with Crippen molar-refractivity contribution >= 4 is 11.9 Å². The number of benzene rings is 1. The Bertz CT molecular complexity index is 762. The topological polar surface area (TPSA) is 53.3 Å². The van der Waals surface area contributed by atoms with Gasteiger partial charge in [-0.05, 0) is 38.1 Å². The minimum absolute atomic E-state index is 0.0877. The third-order valence-corrected chi connectivity index (χ3v) is 3.73. The Hall–Kier alpha value is -2.56. The first-order valence-corrected chi connectivity index (χ1v) is 7.74. The van der Waals surface area contributed by atoms with Crippen LogP contribution in [0, 0.1) is 0 Å². The molecule has 0 fully saturated rings. The molecule has 0 aliphatic carbocycles. The summed E-state index contributed by atoms with van der Waals surface area (Å²) in [5.41, 5.74) is 2.56. The number of fused-ring (bicyclic) bond motifs is 1. The van der Waals surface area contributed by atoms with E-state index in [2.05, 4.69) is 5.10 Å². The van der Waals surface area contributed by atoms with Crippen molar-refractivity contribution in [3.8, 4) is 11.5 Å². The Morgan fingerprint density at radius 1 is 1.52 bits per heavy atom. The summed E-state index contributed by atoms with van der Waals surface area (Å²) in [6, 6.07) is 3.95. The number of rotatable bonds is 5. The Labute approximate surface area is 135 Å². The molecule has 1 unspecified atom stereocenters. The summed E-state index contributed by atoms with van der Waals surface area (Å²) < 4.78 is 13.1. The standard InChI is InChI=1S/C18H20N2O3/c1-4-22-17-9-14-7-12(2)23-18(14)8-13(17)5-6-16(21)15-10-19-20(3)11-15/h5-6,8-12H,4,7H2,1-3H3/b6-5+. The zero-order valence-electron chi connectivity index (χ0n) is 13.6. The van der Waals surface area contributed by atoms with Crippen molar-refractivity contribution in [2.75, 3.05) is 6.61 Å². The minimum Gasteiger partial charge on any atom is -0.493 e. The van der Waals surface area contributed by atoms with E-state index in [4.69, 9.17) is 9.47 Å². The van der Waals surface area contributed by atoms with Crippen LogP contribution in [-0.4, -0.2) is 28.3 Å². The van der Waals surface area contributed by atoms with Crippen LogP contribution in [0.4, 0.5) is 0 Å². The molecule has 2 heterocycles. The van der Waals surface area contributed by atoms with E-state index >= 15 is 0 Å². The molecule has 120 valence electrons. The van der Waals surface area contributed by atoms with Gasteiger partial charge >= 0.3 is 0 Å². The molecule has 0 bridgehead atoms. The van der Waals surface area contributed by atoms with E-state index in [1.807, 2.05) is 26.0 Å². The third-order valence-electron chi connectivity index (χ3n) is 3.73. The molecule has 0 N–H and O–H groups in total. The monoisotopic (exact) mass is 312 g/mol. The molecule has 1 aromatic heterocycles. The number of ketones is 1. The van der Waals surface area contributed by atoms with Gasteiger partial charge in [0.25, 0.3) is 0 Å². The molecule has 5 heteroatoms. The van der Waals surface area contributed by atoms with Crippen molar-refractivity contribution in [2.45, 2.75) is 26.4 Å². The molecule has 5 nitrogen and oxygen atoms in total. The van der Waals surface area contributed by atoms with Crippen LogP contribution in [0.5, 0.6) is 11.5 Å². The van der Waals surface area contributed by atoms with Crippen molar-refractivity contribution < 1.29 is 14.3 Å². The van der Waals surface area contributed by atoms with Gasteiger partial charge in [0, 0.05) is 30.8 Å². The van der Waals surface area contributed by atoms with E-state index in [0.29, 0.717) is 12.2 Å². The molecule has 1 aromatic carbocycles. The van der Waals surface area contributed by atoms with Crippen molar-refractivity contribution in [2.24, 2.45) is 7.05 Å².